The Hall–Kier alpha value is -2.35. The lowest BCUT2D eigenvalue weighted by atomic mass is 10.2. The second-order valence-electron chi connectivity index (χ2n) is 3.55. The summed E-state index contributed by atoms with van der Waals surface area (Å²) >= 11 is 1.16. The zero-order chi connectivity index (χ0) is 13.8. The molecule has 8 heteroatoms. The molecule has 0 radical (unpaired) electrons. The molecule has 1 aromatic carbocycles. The lowest BCUT2D eigenvalue weighted by Crippen LogP contribution is -2.11. The summed E-state index contributed by atoms with van der Waals surface area (Å²) in [5, 5.41) is 18.5. The van der Waals surface area contributed by atoms with Crippen LogP contribution in [0.3, 0.4) is 0 Å². The number of amides is 1. The highest BCUT2D eigenvalue weighted by molar-refractivity contribution is 7.99. The number of hydrogen-bond donors (Lipinski definition) is 3. The quantitative estimate of drug-likeness (QED) is 0.784. The van der Waals surface area contributed by atoms with Gasteiger partial charge in [0.15, 0.2) is 0 Å². The second kappa shape index (κ2) is 5.53. The van der Waals surface area contributed by atoms with E-state index in [1.165, 1.54) is 19.3 Å². The Kier molecular flexibility index (Phi) is 3.81. The van der Waals surface area contributed by atoms with Crippen LogP contribution in [0.2, 0.25) is 0 Å². The monoisotopic (exact) mass is 278 g/mol. The minimum absolute atomic E-state index is 0.0238. The van der Waals surface area contributed by atoms with Crippen LogP contribution in [0, 0.1) is 0 Å². The molecule has 0 aliphatic rings. The summed E-state index contributed by atoms with van der Waals surface area (Å²) < 4.78 is 0. The average Bonchev–Trinajstić information content (AvgIpc) is 2.83. The van der Waals surface area contributed by atoms with Crippen LogP contribution in [0.15, 0.2) is 34.6 Å². The van der Waals surface area contributed by atoms with Gasteiger partial charge in [0.25, 0.3) is 0 Å². The van der Waals surface area contributed by atoms with Gasteiger partial charge in [-0.2, -0.15) is 0 Å². The zero-order valence-corrected chi connectivity index (χ0v) is 10.7. The predicted octanol–water partition coefficient (Wildman–Crippen LogP) is 1.61. The highest BCUT2D eigenvalue weighted by atomic mass is 32.2. The van der Waals surface area contributed by atoms with E-state index in [-0.39, 0.29) is 17.2 Å². The largest absolute Gasteiger partial charge is 0.478 e. The van der Waals surface area contributed by atoms with Crippen LogP contribution in [0.25, 0.3) is 0 Å². The normalized spacial score (nSPS) is 10.2. The number of rotatable bonds is 4. The Bertz CT molecular complexity index is 612. The summed E-state index contributed by atoms with van der Waals surface area (Å²) in [6.45, 7) is 1.32. The number of hydrogen-bond acceptors (Lipinski definition) is 5. The molecule has 0 bridgehead atoms. The van der Waals surface area contributed by atoms with Crippen molar-refractivity contribution in [1.82, 2.24) is 15.2 Å². The van der Waals surface area contributed by atoms with E-state index in [2.05, 4.69) is 20.5 Å². The molecule has 0 saturated heterocycles. The van der Waals surface area contributed by atoms with Crippen LogP contribution < -0.4 is 5.32 Å². The van der Waals surface area contributed by atoms with Crippen LogP contribution in [0.4, 0.5) is 5.69 Å². The molecule has 1 amide bonds. The van der Waals surface area contributed by atoms with Crippen molar-refractivity contribution in [3.05, 3.63) is 30.1 Å². The number of nitrogens with one attached hydrogen (secondary N) is 2. The number of carbonyl (C=O) groups is 2. The summed E-state index contributed by atoms with van der Waals surface area (Å²) in [5.41, 5.74) is 0.271. The molecule has 0 atom stereocenters. The number of carboxylic acids is 1. The molecular formula is C11H10N4O3S. The third kappa shape index (κ3) is 3.10. The third-order valence-corrected chi connectivity index (χ3v) is 3.09. The molecular weight excluding hydrogens is 268 g/mol. The summed E-state index contributed by atoms with van der Waals surface area (Å²) in [6, 6.07) is 4.72. The fourth-order valence-electron chi connectivity index (χ4n) is 1.44. The maximum absolute atomic E-state index is 11.2. The van der Waals surface area contributed by atoms with Gasteiger partial charge in [0.1, 0.15) is 6.33 Å². The molecule has 0 saturated carbocycles. The van der Waals surface area contributed by atoms with Crippen LogP contribution in [0.5, 0.6) is 0 Å². The van der Waals surface area contributed by atoms with Gasteiger partial charge >= 0.3 is 5.97 Å². The predicted molar refractivity (Wildman–Crippen MR) is 68.2 cm³/mol. The summed E-state index contributed by atoms with van der Waals surface area (Å²) in [7, 11) is 0. The van der Waals surface area contributed by atoms with Crippen LogP contribution in [-0.4, -0.2) is 32.2 Å². The molecule has 0 aliphatic heterocycles. The highest BCUT2D eigenvalue weighted by Crippen LogP contribution is 2.33. The summed E-state index contributed by atoms with van der Waals surface area (Å²) in [5.74, 6) is -1.45. The van der Waals surface area contributed by atoms with Crippen molar-refractivity contribution in [3.8, 4) is 0 Å². The van der Waals surface area contributed by atoms with Gasteiger partial charge in [-0.1, -0.05) is 6.07 Å². The lowest BCUT2D eigenvalue weighted by Gasteiger charge is -2.11. The van der Waals surface area contributed by atoms with Crippen molar-refractivity contribution in [2.75, 3.05) is 5.32 Å². The number of para-hydroxylation sites is 1. The molecule has 98 valence electrons. The number of nitrogens with zero attached hydrogens (tertiary/aromatic N) is 2. The van der Waals surface area contributed by atoms with Crippen molar-refractivity contribution in [2.45, 2.75) is 17.0 Å². The first-order chi connectivity index (χ1) is 9.08. The van der Waals surface area contributed by atoms with E-state index in [4.69, 9.17) is 5.11 Å². The first-order valence-corrected chi connectivity index (χ1v) is 6.07. The van der Waals surface area contributed by atoms with Crippen molar-refractivity contribution in [2.24, 2.45) is 0 Å². The fraction of sp³-hybridized carbons (Fsp3) is 0.0909. The van der Waals surface area contributed by atoms with Crippen molar-refractivity contribution >= 4 is 29.3 Å². The minimum atomic E-state index is -1.11. The van der Waals surface area contributed by atoms with Gasteiger partial charge in [0.05, 0.1) is 11.3 Å². The molecule has 0 aliphatic carbocycles. The first kappa shape index (κ1) is 13.1. The van der Waals surface area contributed by atoms with Gasteiger partial charge in [-0.25, -0.2) is 9.78 Å². The Balaban J connectivity index is 2.43. The van der Waals surface area contributed by atoms with Gasteiger partial charge in [0.2, 0.25) is 11.1 Å². The second-order valence-corrected chi connectivity index (χ2v) is 4.56. The molecule has 3 N–H and O–H groups in total. The molecule has 0 fully saturated rings. The standard InChI is InChI=1S/C11H10N4O3S/c1-6(16)14-9-7(10(17)18)3-2-4-8(9)19-11-12-5-13-15-11/h2-5H,1H3,(H,14,16)(H,17,18)(H,12,13,15). The van der Waals surface area contributed by atoms with Crippen molar-refractivity contribution < 1.29 is 14.7 Å². The maximum Gasteiger partial charge on any atom is 0.337 e. The van der Waals surface area contributed by atoms with Crippen LogP contribution in [0.1, 0.15) is 17.3 Å². The average molecular weight is 278 g/mol. The lowest BCUT2D eigenvalue weighted by molar-refractivity contribution is -0.114. The van der Waals surface area contributed by atoms with E-state index < -0.39 is 5.97 Å². The Labute approximate surface area is 112 Å². The highest BCUT2D eigenvalue weighted by Gasteiger charge is 2.16. The van der Waals surface area contributed by atoms with E-state index in [0.29, 0.717) is 10.1 Å². The van der Waals surface area contributed by atoms with Crippen molar-refractivity contribution in [1.29, 1.82) is 0 Å². The summed E-state index contributed by atoms with van der Waals surface area (Å²) in [6.07, 6.45) is 1.42. The maximum atomic E-state index is 11.2. The van der Waals surface area contributed by atoms with E-state index in [1.54, 1.807) is 12.1 Å². The van der Waals surface area contributed by atoms with E-state index >= 15 is 0 Å². The van der Waals surface area contributed by atoms with E-state index in [0.717, 1.165) is 11.8 Å². The van der Waals surface area contributed by atoms with Gasteiger partial charge in [-0.3, -0.25) is 9.89 Å². The van der Waals surface area contributed by atoms with Gasteiger partial charge < -0.3 is 10.4 Å². The Morgan fingerprint density at radius 2 is 2.21 bits per heavy atom. The van der Waals surface area contributed by atoms with E-state index in [1.807, 2.05) is 0 Å². The fourth-order valence-corrected chi connectivity index (χ4v) is 2.25. The molecule has 0 spiro atoms. The van der Waals surface area contributed by atoms with E-state index in [9.17, 15) is 9.59 Å². The SMILES string of the molecule is CC(=O)Nc1c(Sc2nc[nH]n2)cccc1C(=O)O. The number of benzene rings is 1. The topological polar surface area (TPSA) is 108 Å². The summed E-state index contributed by atoms with van der Waals surface area (Å²) in [4.78, 5) is 26.9. The molecule has 1 heterocycles. The molecule has 1 aromatic heterocycles. The smallest absolute Gasteiger partial charge is 0.337 e. The number of aromatic nitrogens is 3. The molecule has 7 nitrogen and oxygen atoms in total. The van der Waals surface area contributed by atoms with Crippen molar-refractivity contribution in [3.63, 3.8) is 0 Å². The van der Waals surface area contributed by atoms with Crippen LogP contribution >= 0.6 is 11.8 Å². The Morgan fingerprint density at radius 1 is 1.42 bits per heavy atom. The first-order valence-electron chi connectivity index (χ1n) is 5.25. The Morgan fingerprint density at radius 3 is 2.79 bits per heavy atom. The third-order valence-electron chi connectivity index (χ3n) is 2.15. The number of carbonyl (C=O) groups excluding carboxylic acids is 1. The number of anilines is 1. The number of aromatic carboxylic acids is 1. The number of carboxylic acid groups (broad SMARTS) is 1. The van der Waals surface area contributed by atoms with Gasteiger partial charge in [-0.05, 0) is 23.9 Å². The van der Waals surface area contributed by atoms with Gasteiger partial charge in [-0.15, -0.1) is 5.10 Å². The number of H-pyrrole nitrogens is 1. The molecule has 2 aromatic rings. The number of aromatic amines is 1. The minimum Gasteiger partial charge on any atom is -0.478 e. The van der Waals surface area contributed by atoms with Crippen LogP contribution in [-0.2, 0) is 4.79 Å². The van der Waals surface area contributed by atoms with Gasteiger partial charge in [0, 0.05) is 11.8 Å². The molecule has 2 rings (SSSR count). The zero-order valence-electron chi connectivity index (χ0n) is 9.88. The molecule has 0 unspecified atom stereocenters. The molecule has 19 heavy (non-hydrogen) atoms.